The number of aliphatic imine (C=N–C) groups is 1. The highest BCUT2D eigenvalue weighted by molar-refractivity contribution is 7.11. The molecule has 27 heavy (non-hydrogen) atoms. The number of benzene rings is 2. The molecule has 1 aromatic heterocycles. The molecule has 2 aromatic carbocycles. The van der Waals surface area contributed by atoms with Crippen molar-refractivity contribution in [1.82, 2.24) is 9.98 Å². The second-order valence-electron chi connectivity index (χ2n) is 5.82. The minimum Gasteiger partial charge on any atom is -0.326 e. The molecule has 0 aliphatic carbocycles. The number of anilines is 2. The van der Waals surface area contributed by atoms with Crippen LogP contribution >= 0.6 is 11.3 Å². The molecule has 0 spiro atoms. The van der Waals surface area contributed by atoms with Gasteiger partial charge in [-0.1, -0.05) is 12.1 Å². The van der Waals surface area contributed by atoms with E-state index in [1.165, 1.54) is 23.5 Å². The van der Waals surface area contributed by atoms with E-state index in [-0.39, 0.29) is 22.9 Å². The lowest BCUT2D eigenvalue weighted by atomic mass is 10.1. The van der Waals surface area contributed by atoms with E-state index in [2.05, 4.69) is 20.6 Å². The van der Waals surface area contributed by atoms with E-state index in [1.54, 1.807) is 30.5 Å². The van der Waals surface area contributed by atoms with Crippen LogP contribution in [0.3, 0.4) is 0 Å². The summed E-state index contributed by atoms with van der Waals surface area (Å²) in [5.41, 5.74) is 3.08. The number of carbonyl (C=O) groups excluding carboxylic acids is 1. The Labute approximate surface area is 157 Å². The summed E-state index contributed by atoms with van der Waals surface area (Å²) >= 11 is 1.50. The van der Waals surface area contributed by atoms with Crippen molar-refractivity contribution in [2.45, 2.75) is 6.42 Å². The van der Waals surface area contributed by atoms with Crippen LogP contribution in [-0.4, -0.2) is 26.9 Å². The summed E-state index contributed by atoms with van der Waals surface area (Å²) in [5.74, 6) is 0.501. The van der Waals surface area contributed by atoms with Crippen LogP contribution in [0.15, 0.2) is 54.0 Å². The number of nitrogens with one attached hydrogen (secondary N) is 2. The molecule has 0 saturated heterocycles. The maximum Gasteiger partial charge on any atom is 0.358 e. The summed E-state index contributed by atoms with van der Waals surface area (Å²) in [7, 11) is 0. The van der Waals surface area contributed by atoms with E-state index in [0.29, 0.717) is 11.5 Å². The summed E-state index contributed by atoms with van der Waals surface area (Å²) in [4.78, 5) is 31.6. The molecule has 3 aromatic rings. The fourth-order valence-electron chi connectivity index (χ4n) is 2.66. The lowest BCUT2D eigenvalue weighted by molar-refractivity contribution is -0.729. The van der Waals surface area contributed by atoms with Gasteiger partial charge in [-0.15, -0.1) is 11.3 Å². The smallest absolute Gasteiger partial charge is 0.326 e. The number of rotatable bonds is 5. The van der Waals surface area contributed by atoms with Crippen LogP contribution < -0.4 is 15.6 Å². The number of aromatic nitrogens is 1. The first-order valence-corrected chi connectivity index (χ1v) is 8.91. The quantitative estimate of drug-likeness (QED) is 0.590. The molecule has 0 unspecified atom stereocenters. The Morgan fingerprint density at radius 3 is 2.78 bits per heavy atom. The molecule has 1 aliphatic heterocycles. The van der Waals surface area contributed by atoms with Crippen molar-refractivity contribution >= 4 is 45.8 Å². The topological polar surface area (TPSA) is 108 Å². The van der Waals surface area contributed by atoms with Gasteiger partial charge in [-0.3, -0.25) is 4.79 Å². The zero-order chi connectivity index (χ0) is 18.8. The molecule has 1 aliphatic rings. The molecule has 3 N–H and O–H groups in total. The Morgan fingerprint density at radius 1 is 1.26 bits per heavy atom. The van der Waals surface area contributed by atoms with Crippen LogP contribution in [0.2, 0.25) is 0 Å². The number of amidine groups is 1. The fraction of sp³-hybridized carbons (Fsp3) is 0.0556. The van der Waals surface area contributed by atoms with E-state index in [4.69, 9.17) is 5.21 Å². The lowest BCUT2D eigenvalue weighted by Gasteiger charge is -2.05. The second-order valence-corrected chi connectivity index (χ2v) is 6.71. The maximum atomic E-state index is 12.3. The van der Waals surface area contributed by atoms with Gasteiger partial charge in [0.15, 0.2) is 5.69 Å². The largest absolute Gasteiger partial charge is 0.358 e. The van der Waals surface area contributed by atoms with Gasteiger partial charge >= 0.3 is 11.5 Å². The molecule has 0 fully saturated rings. The van der Waals surface area contributed by atoms with E-state index in [9.17, 15) is 9.70 Å². The summed E-state index contributed by atoms with van der Waals surface area (Å²) in [6.07, 6.45) is 1.87. The Balaban J connectivity index is 1.44. The van der Waals surface area contributed by atoms with Crippen molar-refractivity contribution in [3.8, 4) is 0 Å². The van der Waals surface area contributed by atoms with Gasteiger partial charge in [-0.05, 0) is 22.7 Å². The minimum absolute atomic E-state index is 0.110. The molecule has 9 heteroatoms. The first kappa shape index (κ1) is 16.9. The van der Waals surface area contributed by atoms with Gasteiger partial charge in [-0.25, -0.2) is 15.5 Å². The molecular weight excluding hydrogens is 366 g/mol. The number of carbonyl (C=O) groups is 1. The standard InChI is InChI=1S/C18H13N5O3S/c24-16(9-11-1-4-13(5-2-11)23(25)26)20-12-3-6-14-15(10-12)22-17(21-14)18-19-7-8-27-18/h1-8,10H,9H2,(H2-,19,20,21,24,25,26)/q+1/p+1. The van der Waals surface area contributed by atoms with E-state index in [1.807, 2.05) is 11.4 Å². The highest BCUT2D eigenvalue weighted by Crippen LogP contribution is 2.29. The van der Waals surface area contributed by atoms with Gasteiger partial charge in [0.2, 0.25) is 16.6 Å². The highest BCUT2D eigenvalue weighted by Gasteiger charge is 2.28. The molecule has 133 valence electrons. The van der Waals surface area contributed by atoms with Crippen LogP contribution in [0, 0.1) is 4.91 Å². The van der Waals surface area contributed by atoms with Crippen LogP contribution in [0.4, 0.5) is 22.7 Å². The number of nitrogens with zero attached hydrogens (tertiary/aromatic N) is 3. The van der Waals surface area contributed by atoms with Gasteiger partial charge in [0.05, 0.1) is 11.3 Å². The third-order valence-electron chi connectivity index (χ3n) is 3.92. The lowest BCUT2D eigenvalue weighted by Crippen LogP contribution is -2.14. The molecule has 4 rings (SSSR count). The summed E-state index contributed by atoms with van der Waals surface area (Å²) in [6, 6.07) is 11.6. The average molecular weight is 380 g/mol. The predicted molar refractivity (Wildman–Crippen MR) is 102 cm³/mol. The van der Waals surface area contributed by atoms with Crippen LogP contribution in [-0.2, 0) is 11.2 Å². The fourth-order valence-corrected chi connectivity index (χ4v) is 3.24. The van der Waals surface area contributed by atoms with Gasteiger partial charge < -0.3 is 5.32 Å². The van der Waals surface area contributed by atoms with E-state index >= 15 is 0 Å². The predicted octanol–water partition coefficient (Wildman–Crippen LogP) is 2.96. The van der Waals surface area contributed by atoms with Crippen molar-refractivity contribution in [2.75, 3.05) is 10.6 Å². The normalized spacial score (nSPS) is 12.1. The molecule has 8 nitrogen and oxygen atoms in total. The zero-order valence-corrected chi connectivity index (χ0v) is 14.7. The molecule has 1 radical (unpaired) electrons. The van der Waals surface area contributed by atoms with Crippen molar-refractivity contribution in [3.05, 3.63) is 69.5 Å². The van der Waals surface area contributed by atoms with Crippen LogP contribution in [0.25, 0.3) is 0 Å². The Hall–Kier alpha value is -3.59. The first-order valence-electron chi connectivity index (χ1n) is 8.03. The Kier molecular flexibility index (Phi) is 4.35. The third kappa shape index (κ3) is 3.67. The molecular formula is C18H14N5O3S+2. The van der Waals surface area contributed by atoms with Gasteiger partial charge in [0.25, 0.3) is 4.92 Å². The van der Waals surface area contributed by atoms with Gasteiger partial charge in [0.1, 0.15) is 0 Å². The zero-order valence-electron chi connectivity index (χ0n) is 13.9. The minimum atomic E-state index is -0.219. The number of hydrogen-bond donors (Lipinski definition) is 3. The average Bonchev–Trinajstić information content (AvgIpc) is 3.31. The molecule has 2 heterocycles. The van der Waals surface area contributed by atoms with Crippen molar-refractivity contribution in [1.29, 1.82) is 0 Å². The van der Waals surface area contributed by atoms with Gasteiger partial charge in [-0.2, -0.15) is 0 Å². The number of hydrogen-bond acceptors (Lipinski definition) is 6. The summed E-state index contributed by atoms with van der Waals surface area (Å²) in [6.45, 7) is 0. The van der Waals surface area contributed by atoms with E-state index in [0.717, 1.165) is 21.9 Å². The molecule has 0 saturated carbocycles. The van der Waals surface area contributed by atoms with Crippen molar-refractivity contribution in [2.24, 2.45) is 0 Å². The molecule has 0 atom stereocenters. The number of amides is 1. The molecule has 1 amide bonds. The van der Waals surface area contributed by atoms with E-state index < -0.39 is 0 Å². The summed E-state index contributed by atoms with van der Waals surface area (Å²) < 4.78 is 0. The van der Waals surface area contributed by atoms with Gasteiger partial charge in [0, 0.05) is 35.5 Å². The maximum absolute atomic E-state index is 12.3. The van der Waals surface area contributed by atoms with Crippen LogP contribution in [0.1, 0.15) is 10.6 Å². The number of fused-ring (bicyclic) bond motifs is 1. The highest BCUT2D eigenvalue weighted by atomic mass is 32.1. The second kappa shape index (κ2) is 6.96. The monoisotopic (exact) mass is 380 g/mol. The van der Waals surface area contributed by atoms with Crippen molar-refractivity contribution < 1.29 is 14.9 Å². The Bertz CT molecular complexity index is 1050. The molecule has 0 bridgehead atoms. The van der Waals surface area contributed by atoms with Crippen molar-refractivity contribution in [3.63, 3.8) is 0 Å². The number of thiazole rings is 1. The first-order chi connectivity index (χ1) is 13.1. The third-order valence-corrected chi connectivity index (χ3v) is 4.70. The van der Waals surface area contributed by atoms with Crippen LogP contribution in [0.5, 0.6) is 0 Å². The Morgan fingerprint density at radius 2 is 2.07 bits per heavy atom. The SMILES string of the molecule is O=C(Cc1ccc([N+](=O)O)cc1)Nc1ccc2c(c1)[N+]=C(c1nccs1)N2. The summed E-state index contributed by atoms with van der Waals surface area (Å²) in [5, 5.41) is 17.6.